The van der Waals surface area contributed by atoms with Crippen molar-refractivity contribution in [2.75, 3.05) is 19.6 Å². The van der Waals surface area contributed by atoms with Crippen molar-refractivity contribution in [3.8, 4) is 0 Å². The zero-order chi connectivity index (χ0) is 14.4. The Kier molecular flexibility index (Phi) is 7.75. The number of aryl methyl sites for hydroxylation is 1. The molecule has 0 fully saturated rings. The van der Waals surface area contributed by atoms with Crippen LogP contribution in [0.2, 0.25) is 5.02 Å². The van der Waals surface area contributed by atoms with Crippen LogP contribution < -0.4 is 5.73 Å². The molecule has 2 N–H and O–H groups in total. The molecule has 2 aromatic rings. The zero-order valence-corrected chi connectivity index (χ0v) is 13.8. The van der Waals surface area contributed by atoms with E-state index in [0.29, 0.717) is 11.6 Å². The van der Waals surface area contributed by atoms with Gasteiger partial charge in [-0.1, -0.05) is 41.9 Å². The molecule has 0 aliphatic carbocycles. The molecule has 0 saturated heterocycles. The smallest absolute Gasteiger partial charge is 0.0831 e. The highest BCUT2D eigenvalue weighted by atomic mass is 35.5. The number of rotatable bonds is 7. The largest absolute Gasteiger partial charge is 0.329 e. The summed E-state index contributed by atoms with van der Waals surface area (Å²) in [5, 5.41) is 4.89. The number of nitrogens with two attached hydrogens (primary N) is 1. The van der Waals surface area contributed by atoms with Crippen molar-refractivity contribution < 1.29 is 0 Å². The van der Waals surface area contributed by atoms with Gasteiger partial charge < -0.3 is 5.73 Å². The van der Waals surface area contributed by atoms with Crippen LogP contribution in [0.15, 0.2) is 36.5 Å². The fourth-order valence-corrected chi connectivity index (χ4v) is 2.44. The van der Waals surface area contributed by atoms with Crippen LogP contribution in [0.25, 0.3) is 0 Å². The first-order valence-electron chi connectivity index (χ1n) is 6.83. The molecule has 0 spiro atoms. The van der Waals surface area contributed by atoms with E-state index < -0.39 is 0 Å². The van der Waals surface area contributed by atoms with Crippen molar-refractivity contribution in [2.45, 2.75) is 13.0 Å². The monoisotopic (exact) mass is 328 g/mol. The SMILES string of the molecule is Cl.Cn1ncc(Cl)c1CN(CCN)CCc1ccccc1. The summed E-state index contributed by atoms with van der Waals surface area (Å²) in [5.74, 6) is 0. The molecule has 0 radical (unpaired) electrons. The number of hydrogen-bond acceptors (Lipinski definition) is 3. The van der Waals surface area contributed by atoms with Gasteiger partial charge in [-0.25, -0.2) is 0 Å². The summed E-state index contributed by atoms with van der Waals surface area (Å²) in [6.07, 6.45) is 2.70. The molecule has 0 atom stereocenters. The average Bonchev–Trinajstić information content (AvgIpc) is 2.78. The Morgan fingerprint density at radius 3 is 2.52 bits per heavy atom. The molecule has 1 heterocycles. The Hall–Kier alpha value is -1.07. The third kappa shape index (κ3) is 5.32. The summed E-state index contributed by atoms with van der Waals surface area (Å²) < 4.78 is 1.83. The van der Waals surface area contributed by atoms with Gasteiger partial charge in [-0.3, -0.25) is 9.58 Å². The molecule has 1 aromatic heterocycles. The first kappa shape index (κ1) is 18.0. The van der Waals surface area contributed by atoms with E-state index in [0.717, 1.165) is 31.7 Å². The van der Waals surface area contributed by atoms with Gasteiger partial charge in [0.05, 0.1) is 16.9 Å². The summed E-state index contributed by atoms with van der Waals surface area (Å²) in [6.45, 7) is 3.24. The van der Waals surface area contributed by atoms with Crippen LogP contribution in [0, 0.1) is 0 Å². The van der Waals surface area contributed by atoms with Crippen LogP contribution in [0.1, 0.15) is 11.3 Å². The van der Waals surface area contributed by atoms with E-state index in [9.17, 15) is 0 Å². The second kappa shape index (κ2) is 9.05. The molecule has 0 bridgehead atoms. The summed E-state index contributed by atoms with van der Waals surface area (Å²) in [5.41, 5.74) is 8.08. The van der Waals surface area contributed by atoms with Crippen molar-refractivity contribution in [3.63, 3.8) is 0 Å². The number of aromatic nitrogens is 2. The van der Waals surface area contributed by atoms with E-state index in [-0.39, 0.29) is 12.4 Å². The van der Waals surface area contributed by atoms with Crippen LogP contribution >= 0.6 is 24.0 Å². The fourth-order valence-electron chi connectivity index (χ4n) is 2.21. The van der Waals surface area contributed by atoms with E-state index in [1.165, 1.54) is 5.56 Å². The van der Waals surface area contributed by atoms with E-state index in [1.807, 2.05) is 17.8 Å². The first-order chi connectivity index (χ1) is 9.70. The van der Waals surface area contributed by atoms with Gasteiger partial charge >= 0.3 is 0 Å². The van der Waals surface area contributed by atoms with Gasteiger partial charge in [0.25, 0.3) is 0 Å². The first-order valence-corrected chi connectivity index (χ1v) is 7.21. The van der Waals surface area contributed by atoms with Crippen molar-refractivity contribution in [1.29, 1.82) is 0 Å². The molecule has 0 aliphatic rings. The predicted molar refractivity (Wildman–Crippen MR) is 89.9 cm³/mol. The minimum absolute atomic E-state index is 0. The molecular weight excluding hydrogens is 307 g/mol. The summed E-state index contributed by atoms with van der Waals surface area (Å²) in [4.78, 5) is 2.32. The minimum atomic E-state index is 0. The van der Waals surface area contributed by atoms with Gasteiger partial charge in [0.2, 0.25) is 0 Å². The van der Waals surface area contributed by atoms with Crippen molar-refractivity contribution in [2.24, 2.45) is 12.8 Å². The Labute approximate surface area is 137 Å². The third-order valence-electron chi connectivity index (χ3n) is 3.39. The van der Waals surface area contributed by atoms with E-state index in [1.54, 1.807) is 6.20 Å². The molecule has 4 nitrogen and oxygen atoms in total. The molecular formula is C15H22Cl2N4. The van der Waals surface area contributed by atoms with Gasteiger partial charge in [0.15, 0.2) is 0 Å². The maximum Gasteiger partial charge on any atom is 0.0831 e. The highest BCUT2D eigenvalue weighted by Crippen LogP contribution is 2.16. The molecule has 0 aliphatic heterocycles. The predicted octanol–water partition coefficient (Wildman–Crippen LogP) is 2.50. The normalized spacial score (nSPS) is 10.7. The highest BCUT2D eigenvalue weighted by Gasteiger charge is 2.12. The summed E-state index contributed by atoms with van der Waals surface area (Å²) in [7, 11) is 1.92. The topological polar surface area (TPSA) is 47.1 Å². The van der Waals surface area contributed by atoms with Gasteiger partial charge in [-0.15, -0.1) is 12.4 Å². The van der Waals surface area contributed by atoms with Crippen LogP contribution in [0.4, 0.5) is 0 Å². The Morgan fingerprint density at radius 1 is 1.24 bits per heavy atom. The van der Waals surface area contributed by atoms with Gasteiger partial charge in [0, 0.05) is 33.2 Å². The van der Waals surface area contributed by atoms with E-state index in [2.05, 4.69) is 34.3 Å². The third-order valence-corrected chi connectivity index (χ3v) is 3.70. The van der Waals surface area contributed by atoms with Crippen LogP contribution in [-0.2, 0) is 20.0 Å². The lowest BCUT2D eigenvalue weighted by Gasteiger charge is -2.21. The highest BCUT2D eigenvalue weighted by molar-refractivity contribution is 6.31. The number of hydrogen-bond donors (Lipinski definition) is 1. The zero-order valence-electron chi connectivity index (χ0n) is 12.2. The van der Waals surface area contributed by atoms with Crippen molar-refractivity contribution in [1.82, 2.24) is 14.7 Å². The number of benzene rings is 1. The molecule has 0 unspecified atom stereocenters. The molecule has 1 aromatic carbocycles. The second-order valence-electron chi connectivity index (χ2n) is 4.86. The van der Waals surface area contributed by atoms with Crippen LogP contribution in [-0.4, -0.2) is 34.3 Å². The van der Waals surface area contributed by atoms with Crippen LogP contribution in [0.5, 0.6) is 0 Å². The maximum atomic E-state index is 6.17. The fraction of sp³-hybridized carbons (Fsp3) is 0.400. The van der Waals surface area contributed by atoms with Gasteiger partial charge in [-0.05, 0) is 12.0 Å². The number of nitrogens with zero attached hydrogens (tertiary/aromatic N) is 3. The molecule has 2 rings (SSSR count). The molecule has 0 saturated carbocycles. The van der Waals surface area contributed by atoms with E-state index >= 15 is 0 Å². The number of halogens is 2. The lowest BCUT2D eigenvalue weighted by Crippen LogP contribution is -2.31. The summed E-state index contributed by atoms with van der Waals surface area (Å²) in [6, 6.07) is 10.5. The van der Waals surface area contributed by atoms with Crippen molar-refractivity contribution >= 4 is 24.0 Å². The quantitative estimate of drug-likeness (QED) is 0.849. The van der Waals surface area contributed by atoms with Crippen molar-refractivity contribution in [3.05, 3.63) is 52.8 Å². The van der Waals surface area contributed by atoms with Crippen LogP contribution in [0.3, 0.4) is 0 Å². The minimum Gasteiger partial charge on any atom is -0.329 e. The Bertz CT molecular complexity index is 508. The average molecular weight is 329 g/mol. The molecule has 116 valence electrons. The van der Waals surface area contributed by atoms with Gasteiger partial charge in [-0.2, -0.15) is 5.10 Å². The van der Waals surface area contributed by atoms with E-state index in [4.69, 9.17) is 17.3 Å². The van der Waals surface area contributed by atoms with Gasteiger partial charge in [0.1, 0.15) is 0 Å². The maximum absolute atomic E-state index is 6.17. The standard InChI is InChI=1S/C15H21ClN4.ClH/c1-19-15(14(16)11-18-19)12-20(10-8-17)9-7-13-5-3-2-4-6-13;/h2-6,11H,7-10,12,17H2,1H3;1H. The lowest BCUT2D eigenvalue weighted by atomic mass is 10.1. The lowest BCUT2D eigenvalue weighted by molar-refractivity contribution is 0.269. The second-order valence-corrected chi connectivity index (χ2v) is 5.27. The molecule has 21 heavy (non-hydrogen) atoms. The Balaban J connectivity index is 0.00000220. The molecule has 6 heteroatoms. The Morgan fingerprint density at radius 2 is 1.95 bits per heavy atom. The summed E-state index contributed by atoms with van der Waals surface area (Å²) >= 11 is 6.17. The molecule has 0 amide bonds.